The number of nitrogens with one attached hydrogen (secondary N) is 2. The zero-order valence-corrected chi connectivity index (χ0v) is 17.4. The van der Waals surface area contributed by atoms with Crippen molar-refractivity contribution in [2.45, 2.75) is 51.9 Å². The summed E-state index contributed by atoms with van der Waals surface area (Å²) in [5.41, 5.74) is 0.586. The lowest BCUT2D eigenvalue weighted by Crippen LogP contribution is -2.47. The Labute approximate surface area is 161 Å². The Bertz CT molecular complexity index is 520. The van der Waals surface area contributed by atoms with Gasteiger partial charge in [0.2, 0.25) is 0 Å². The zero-order chi connectivity index (χ0) is 15.4. The van der Waals surface area contributed by atoms with Gasteiger partial charge in [-0.05, 0) is 43.4 Å². The predicted octanol–water partition coefficient (Wildman–Crippen LogP) is 3.61. The van der Waals surface area contributed by atoms with Gasteiger partial charge in [-0.25, -0.2) is 4.98 Å². The van der Waals surface area contributed by atoms with Crippen molar-refractivity contribution in [2.24, 2.45) is 16.3 Å². The van der Waals surface area contributed by atoms with Crippen molar-refractivity contribution < 1.29 is 0 Å². The lowest BCUT2D eigenvalue weighted by atomic mass is 9.65. The van der Waals surface area contributed by atoms with Crippen molar-refractivity contribution in [1.82, 2.24) is 15.6 Å². The Balaban J connectivity index is 0.00000192. The minimum Gasteiger partial charge on any atom is -0.356 e. The van der Waals surface area contributed by atoms with Gasteiger partial charge in [-0.3, -0.25) is 4.99 Å². The fourth-order valence-electron chi connectivity index (χ4n) is 3.45. The lowest BCUT2D eigenvalue weighted by molar-refractivity contribution is 0.106. The molecule has 0 aliphatic heterocycles. The summed E-state index contributed by atoms with van der Waals surface area (Å²) in [6, 6.07) is 0. The number of halogens is 1. The van der Waals surface area contributed by atoms with E-state index in [1.165, 1.54) is 42.0 Å². The zero-order valence-electron chi connectivity index (χ0n) is 14.2. The van der Waals surface area contributed by atoms with Gasteiger partial charge in [0.25, 0.3) is 0 Å². The first kappa shape index (κ1) is 19.0. The molecule has 3 rings (SSSR count). The quantitative estimate of drug-likeness (QED) is 0.381. The summed E-state index contributed by atoms with van der Waals surface area (Å²) < 4.78 is 0. The number of aromatic nitrogens is 1. The maximum atomic E-state index is 4.47. The summed E-state index contributed by atoms with van der Waals surface area (Å²) in [5, 5.41) is 8.20. The van der Waals surface area contributed by atoms with E-state index in [0.29, 0.717) is 5.41 Å². The van der Waals surface area contributed by atoms with Gasteiger partial charge in [0, 0.05) is 37.6 Å². The normalized spacial score (nSPS) is 19.7. The maximum Gasteiger partial charge on any atom is 0.191 e. The van der Waals surface area contributed by atoms with Crippen LogP contribution in [0.15, 0.2) is 11.2 Å². The Morgan fingerprint density at radius 3 is 2.70 bits per heavy atom. The molecule has 0 radical (unpaired) electrons. The third-order valence-corrected chi connectivity index (χ3v) is 6.41. The topological polar surface area (TPSA) is 49.3 Å². The fraction of sp³-hybridized carbons (Fsp3) is 0.765. The molecular weight excluding hydrogens is 419 g/mol. The van der Waals surface area contributed by atoms with Crippen LogP contribution in [0.4, 0.5) is 0 Å². The standard InChI is InChI=1S/C17H28N4S.HI/c1-3-14-11-20-15(22-14)7-10-19-16(18-2)21-12-17(8-4-9-17)13-5-6-13;/h11,13H,3-10,12H2,1-2H3,(H2,18,19,21);1H. The van der Waals surface area contributed by atoms with Gasteiger partial charge in [-0.2, -0.15) is 0 Å². The number of nitrogens with zero attached hydrogens (tertiary/aromatic N) is 2. The van der Waals surface area contributed by atoms with Crippen LogP contribution in [-0.4, -0.2) is 31.1 Å². The summed E-state index contributed by atoms with van der Waals surface area (Å²) in [6.07, 6.45) is 11.2. The van der Waals surface area contributed by atoms with Crippen LogP contribution in [0.2, 0.25) is 0 Å². The first-order valence-corrected chi connectivity index (χ1v) is 9.45. The highest BCUT2D eigenvalue weighted by Crippen LogP contribution is 2.56. The van der Waals surface area contributed by atoms with Gasteiger partial charge in [-0.1, -0.05) is 13.3 Å². The first-order valence-electron chi connectivity index (χ1n) is 8.64. The average Bonchev–Trinajstić information content (AvgIpc) is 3.23. The molecule has 6 heteroatoms. The molecule has 4 nitrogen and oxygen atoms in total. The number of aryl methyl sites for hydroxylation is 1. The maximum absolute atomic E-state index is 4.47. The average molecular weight is 448 g/mol. The van der Waals surface area contributed by atoms with Crippen LogP contribution >= 0.6 is 35.3 Å². The van der Waals surface area contributed by atoms with Gasteiger partial charge in [0.1, 0.15) is 0 Å². The van der Waals surface area contributed by atoms with Crippen LogP contribution in [0.25, 0.3) is 0 Å². The molecule has 23 heavy (non-hydrogen) atoms. The van der Waals surface area contributed by atoms with E-state index in [-0.39, 0.29) is 24.0 Å². The molecule has 0 bridgehead atoms. The second-order valence-electron chi connectivity index (χ2n) is 6.67. The number of guanidine groups is 1. The molecule has 2 fully saturated rings. The molecule has 0 atom stereocenters. The van der Waals surface area contributed by atoms with Gasteiger partial charge in [0.15, 0.2) is 5.96 Å². The van der Waals surface area contributed by atoms with Crippen LogP contribution in [0, 0.1) is 11.3 Å². The predicted molar refractivity (Wildman–Crippen MR) is 109 cm³/mol. The Kier molecular flexibility index (Phi) is 7.13. The van der Waals surface area contributed by atoms with Gasteiger partial charge < -0.3 is 10.6 Å². The third-order valence-electron chi connectivity index (χ3n) is 5.21. The van der Waals surface area contributed by atoms with E-state index in [9.17, 15) is 0 Å². The van der Waals surface area contributed by atoms with Gasteiger partial charge >= 0.3 is 0 Å². The SMILES string of the molecule is CCc1cnc(CCNC(=NC)NCC2(C3CC3)CCC2)s1.I. The van der Waals surface area contributed by atoms with Crippen LogP contribution in [0.5, 0.6) is 0 Å². The van der Waals surface area contributed by atoms with E-state index in [1.54, 1.807) is 0 Å². The van der Waals surface area contributed by atoms with E-state index in [1.807, 2.05) is 24.6 Å². The van der Waals surface area contributed by atoms with Crippen LogP contribution in [0.1, 0.15) is 48.9 Å². The van der Waals surface area contributed by atoms with Gasteiger partial charge in [-0.15, -0.1) is 35.3 Å². The smallest absolute Gasteiger partial charge is 0.191 e. The Hall–Kier alpha value is -0.370. The van der Waals surface area contributed by atoms with E-state index in [0.717, 1.165) is 37.8 Å². The molecule has 1 aromatic rings. The molecule has 2 aliphatic carbocycles. The summed E-state index contributed by atoms with van der Waals surface area (Å²) in [7, 11) is 1.86. The first-order chi connectivity index (χ1) is 10.8. The molecule has 1 heterocycles. The van der Waals surface area contributed by atoms with Crippen LogP contribution in [-0.2, 0) is 12.8 Å². The molecular formula is C17H29IN4S. The third kappa shape index (κ3) is 4.81. The van der Waals surface area contributed by atoms with Crippen molar-refractivity contribution in [2.75, 3.05) is 20.1 Å². The van der Waals surface area contributed by atoms with E-state index in [4.69, 9.17) is 0 Å². The molecule has 2 aliphatic rings. The number of thiazole rings is 1. The lowest BCUT2D eigenvalue weighted by Gasteiger charge is -2.43. The highest BCUT2D eigenvalue weighted by molar-refractivity contribution is 14.0. The molecule has 0 saturated heterocycles. The molecule has 0 amide bonds. The molecule has 1 aromatic heterocycles. The number of hydrogen-bond acceptors (Lipinski definition) is 3. The van der Waals surface area contributed by atoms with Crippen molar-refractivity contribution in [3.05, 3.63) is 16.1 Å². The van der Waals surface area contributed by atoms with Crippen LogP contribution < -0.4 is 10.6 Å². The molecule has 130 valence electrons. The number of aliphatic imine (C=N–C) groups is 1. The minimum absolute atomic E-state index is 0. The molecule has 0 unspecified atom stereocenters. The highest BCUT2D eigenvalue weighted by atomic mass is 127. The molecule has 0 aromatic carbocycles. The number of hydrogen-bond donors (Lipinski definition) is 2. The van der Waals surface area contributed by atoms with Crippen molar-refractivity contribution in [3.63, 3.8) is 0 Å². The van der Waals surface area contributed by atoms with Crippen molar-refractivity contribution in [1.29, 1.82) is 0 Å². The summed E-state index contributed by atoms with van der Waals surface area (Å²) in [4.78, 5) is 10.2. The van der Waals surface area contributed by atoms with Gasteiger partial charge in [0.05, 0.1) is 5.01 Å². The second kappa shape index (κ2) is 8.65. The second-order valence-corrected chi connectivity index (χ2v) is 7.87. The fourth-order valence-corrected chi connectivity index (χ4v) is 4.31. The van der Waals surface area contributed by atoms with E-state index >= 15 is 0 Å². The molecule has 2 N–H and O–H groups in total. The van der Waals surface area contributed by atoms with Crippen molar-refractivity contribution in [3.8, 4) is 0 Å². The number of rotatable bonds is 7. The molecule has 2 saturated carbocycles. The summed E-state index contributed by atoms with van der Waals surface area (Å²) >= 11 is 1.82. The largest absolute Gasteiger partial charge is 0.356 e. The summed E-state index contributed by atoms with van der Waals surface area (Å²) in [6.45, 7) is 4.17. The Morgan fingerprint density at radius 1 is 1.39 bits per heavy atom. The van der Waals surface area contributed by atoms with Crippen LogP contribution in [0.3, 0.4) is 0 Å². The molecule has 0 spiro atoms. The highest BCUT2D eigenvalue weighted by Gasteiger charge is 2.48. The monoisotopic (exact) mass is 448 g/mol. The Morgan fingerprint density at radius 2 is 2.17 bits per heavy atom. The van der Waals surface area contributed by atoms with E-state index in [2.05, 4.69) is 27.5 Å². The summed E-state index contributed by atoms with van der Waals surface area (Å²) in [5.74, 6) is 1.92. The van der Waals surface area contributed by atoms with Crippen molar-refractivity contribution >= 4 is 41.3 Å². The van der Waals surface area contributed by atoms with E-state index < -0.39 is 0 Å². The minimum atomic E-state index is 0.